The molecule has 3 aliphatic rings. The second kappa shape index (κ2) is 10.0. The first-order valence-electron chi connectivity index (χ1n) is 13.2. The van der Waals surface area contributed by atoms with Gasteiger partial charge in [-0.05, 0) is 114 Å². The topological polar surface area (TPSA) is 106 Å². The Kier molecular flexibility index (Phi) is 7.00. The van der Waals surface area contributed by atoms with Gasteiger partial charge in [-0.3, -0.25) is 4.68 Å². The van der Waals surface area contributed by atoms with E-state index in [-0.39, 0.29) is 18.5 Å². The molecule has 36 heavy (non-hydrogen) atoms. The van der Waals surface area contributed by atoms with Crippen LogP contribution in [0, 0.1) is 5.92 Å². The lowest BCUT2D eigenvalue weighted by molar-refractivity contribution is -0.213. The van der Waals surface area contributed by atoms with E-state index in [1.54, 1.807) is 17.1 Å². The minimum atomic E-state index is -4.27. The minimum Gasteiger partial charge on any atom is -0.845 e. The number of anilines is 2. The molecule has 0 bridgehead atoms. The van der Waals surface area contributed by atoms with E-state index in [2.05, 4.69) is 32.8 Å². The minimum absolute atomic E-state index is 0.0918. The number of benzene rings is 1. The lowest BCUT2D eigenvalue weighted by atomic mass is 9.97. The van der Waals surface area contributed by atoms with Crippen molar-refractivity contribution in [2.24, 2.45) is 10.3 Å². The van der Waals surface area contributed by atoms with Crippen molar-refractivity contribution in [1.29, 1.82) is 0 Å². The summed E-state index contributed by atoms with van der Waals surface area (Å²) in [4.78, 5) is 2.25. The summed E-state index contributed by atoms with van der Waals surface area (Å²) >= 11 is 0. The zero-order valence-electron chi connectivity index (χ0n) is 21.5. The first-order chi connectivity index (χ1) is 17.2. The average Bonchev–Trinajstić information content (AvgIpc) is 3.58. The summed E-state index contributed by atoms with van der Waals surface area (Å²) in [6.45, 7) is 6.10. The highest BCUT2D eigenvalue weighted by molar-refractivity contribution is 7.91. The Morgan fingerprint density at radius 3 is 2.39 bits per heavy atom. The molecule has 0 unspecified atom stereocenters. The number of piperidine rings is 1. The molecule has 2 aliphatic carbocycles. The van der Waals surface area contributed by atoms with Crippen molar-refractivity contribution < 1.29 is 13.5 Å². The Morgan fingerprint density at radius 1 is 1.17 bits per heavy atom. The molecule has 196 valence electrons. The Bertz CT molecular complexity index is 1210. The molecule has 2 heterocycles. The largest absolute Gasteiger partial charge is 0.845 e. The number of nitrogens with one attached hydrogen (secondary N) is 1. The standard InChI is InChI=1S/C26H38N6O3S/c1-18(2)31-17-22(15-27-31)32(16-19-10-12-30(3)13-11-19)36(34,35)29-26(33)28-25-23-8-4-6-20(23)14-21-7-5-9-24(21)25/h14-15,17-19H,4-13,16H2,1-3H3,(H2,28,29,33)/p-1. The van der Waals surface area contributed by atoms with Gasteiger partial charge in [-0.15, -0.1) is 4.40 Å². The first kappa shape index (κ1) is 25.1. The number of likely N-dealkylation sites (tertiary alicyclic amines) is 1. The molecule has 1 aliphatic heterocycles. The van der Waals surface area contributed by atoms with Gasteiger partial charge in [0, 0.05) is 24.5 Å². The van der Waals surface area contributed by atoms with E-state index in [1.807, 2.05) is 13.8 Å². The van der Waals surface area contributed by atoms with E-state index in [9.17, 15) is 13.5 Å². The number of aromatic nitrogens is 2. The zero-order valence-corrected chi connectivity index (χ0v) is 22.4. The van der Waals surface area contributed by atoms with Gasteiger partial charge < -0.3 is 15.3 Å². The lowest BCUT2D eigenvalue weighted by Crippen LogP contribution is -2.40. The van der Waals surface area contributed by atoms with Gasteiger partial charge in [0.05, 0.1) is 17.9 Å². The molecule has 0 saturated carbocycles. The summed E-state index contributed by atoms with van der Waals surface area (Å²) in [6, 6.07) is 1.55. The summed E-state index contributed by atoms with van der Waals surface area (Å²) in [5.74, 6) is 0.192. The second-order valence-electron chi connectivity index (χ2n) is 10.8. The number of hydrogen-bond acceptors (Lipinski definition) is 5. The predicted molar refractivity (Wildman–Crippen MR) is 141 cm³/mol. The van der Waals surface area contributed by atoms with Crippen LogP contribution in [0.4, 0.5) is 11.4 Å². The molecule has 1 aromatic carbocycles. The molecular formula is C26H37N6O3S-. The van der Waals surface area contributed by atoms with Crippen LogP contribution in [0.15, 0.2) is 22.9 Å². The van der Waals surface area contributed by atoms with E-state index in [0.717, 1.165) is 81.3 Å². The van der Waals surface area contributed by atoms with Gasteiger partial charge in [0.25, 0.3) is 0 Å². The van der Waals surface area contributed by atoms with Crippen LogP contribution in [0.5, 0.6) is 0 Å². The van der Waals surface area contributed by atoms with Crippen LogP contribution in [0.25, 0.3) is 0 Å². The van der Waals surface area contributed by atoms with Gasteiger partial charge in [0.2, 0.25) is 0 Å². The molecule has 10 heteroatoms. The van der Waals surface area contributed by atoms with Crippen molar-refractivity contribution in [3.63, 3.8) is 0 Å². The molecule has 1 saturated heterocycles. The van der Waals surface area contributed by atoms with Crippen molar-refractivity contribution in [3.8, 4) is 0 Å². The van der Waals surface area contributed by atoms with Crippen LogP contribution in [-0.4, -0.2) is 55.8 Å². The fourth-order valence-electron chi connectivity index (χ4n) is 5.80. The van der Waals surface area contributed by atoms with Crippen LogP contribution in [0.2, 0.25) is 0 Å². The molecule has 1 fully saturated rings. The zero-order chi connectivity index (χ0) is 25.4. The van der Waals surface area contributed by atoms with Crippen LogP contribution in [0.1, 0.15) is 67.8 Å². The van der Waals surface area contributed by atoms with E-state index in [0.29, 0.717) is 5.69 Å². The Morgan fingerprint density at radius 2 is 1.81 bits per heavy atom. The number of amidine groups is 1. The molecule has 0 spiro atoms. The number of rotatable bonds is 7. The normalized spacial score (nSPS) is 19.1. The highest BCUT2D eigenvalue weighted by Crippen LogP contribution is 2.38. The highest BCUT2D eigenvalue weighted by Gasteiger charge is 2.29. The van der Waals surface area contributed by atoms with Crippen molar-refractivity contribution in [1.82, 2.24) is 14.7 Å². The summed E-state index contributed by atoms with van der Waals surface area (Å²) in [5.41, 5.74) is 6.10. The van der Waals surface area contributed by atoms with Crippen molar-refractivity contribution in [3.05, 3.63) is 40.7 Å². The van der Waals surface area contributed by atoms with Gasteiger partial charge in [0.15, 0.2) is 0 Å². The number of nitrogens with zero attached hydrogens (tertiary/aromatic N) is 5. The summed E-state index contributed by atoms with van der Waals surface area (Å²) in [6.07, 6.45) is 11.0. The monoisotopic (exact) mass is 513 g/mol. The molecule has 2 aromatic rings. The van der Waals surface area contributed by atoms with Crippen molar-refractivity contribution in [2.45, 2.75) is 71.3 Å². The molecule has 0 atom stereocenters. The molecule has 0 amide bonds. The van der Waals surface area contributed by atoms with E-state index >= 15 is 0 Å². The van der Waals surface area contributed by atoms with Crippen LogP contribution < -0.4 is 14.7 Å². The molecule has 9 nitrogen and oxygen atoms in total. The molecule has 0 radical (unpaired) electrons. The van der Waals surface area contributed by atoms with Gasteiger partial charge in [0.1, 0.15) is 0 Å². The van der Waals surface area contributed by atoms with Gasteiger partial charge >= 0.3 is 10.2 Å². The Labute approximate surface area is 214 Å². The maximum Gasteiger partial charge on any atom is 0.345 e. The fourth-order valence-corrected chi connectivity index (χ4v) is 6.92. The first-order valence-corrected chi connectivity index (χ1v) is 14.6. The third-order valence-electron chi connectivity index (χ3n) is 7.85. The summed E-state index contributed by atoms with van der Waals surface area (Å²) < 4.78 is 33.9. The van der Waals surface area contributed by atoms with Crippen molar-refractivity contribution in [2.75, 3.05) is 36.3 Å². The smallest absolute Gasteiger partial charge is 0.345 e. The van der Waals surface area contributed by atoms with Gasteiger partial charge in [-0.25, -0.2) is 4.31 Å². The number of hydrogen-bond donors (Lipinski definition) is 1. The Balaban J connectivity index is 1.44. The van der Waals surface area contributed by atoms with Crippen molar-refractivity contribution >= 4 is 27.6 Å². The van der Waals surface area contributed by atoms with E-state index in [1.165, 1.54) is 15.4 Å². The van der Waals surface area contributed by atoms with E-state index in [4.69, 9.17) is 0 Å². The fraction of sp³-hybridized carbons (Fsp3) is 0.615. The van der Waals surface area contributed by atoms with Crippen LogP contribution in [0.3, 0.4) is 0 Å². The van der Waals surface area contributed by atoms with E-state index < -0.39 is 16.2 Å². The molecular weight excluding hydrogens is 476 g/mol. The van der Waals surface area contributed by atoms with Crippen LogP contribution >= 0.6 is 0 Å². The quantitative estimate of drug-likeness (QED) is 0.451. The maximum atomic E-state index is 13.6. The highest BCUT2D eigenvalue weighted by atomic mass is 32.2. The summed E-state index contributed by atoms with van der Waals surface area (Å²) in [7, 11) is -2.19. The SMILES string of the molecule is CC(C)n1cc(N(CC2CCN(C)CC2)S(=O)(=O)/N=C(\[O-])Nc2c3c(cc4c2CCC4)CCC3)cn1. The maximum absolute atomic E-state index is 13.6. The lowest BCUT2D eigenvalue weighted by Gasteiger charge is -2.32. The number of fused-ring (bicyclic) bond motifs is 2. The predicted octanol–water partition coefficient (Wildman–Crippen LogP) is 2.66. The average molecular weight is 514 g/mol. The number of aryl methyl sites for hydroxylation is 2. The summed E-state index contributed by atoms with van der Waals surface area (Å²) in [5, 5.41) is 20.3. The second-order valence-corrected chi connectivity index (χ2v) is 12.3. The van der Waals surface area contributed by atoms with Crippen LogP contribution in [-0.2, 0) is 35.9 Å². The third-order valence-corrected chi connectivity index (χ3v) is 9.16. The van der Waals surface area contributed by atoms with Gasteiger partial charge in [-0.2, -0.15) is 13.5 Å². The van der Waals surface area contributed by atoms with Gasteiger partial charge in [-0.1, -0.05) is 6.07 Å². The molecule has 1 N–H and O–H groups in total. The third kappa shape index (κ3) is 5.11. The molecule has 5 rings (SSSR count). The Hall–Kier alpha value is -2.59. The molecule has 1 aromatic heterocycles.